The van der Waals surface area contributed by atoms with Gasteiger partial charge in [-0.1, -0.05) is 0 Å². The number of thiophene rings is 1. The van der Waals surface area contributed by atoms with Crippen LogP contribution in [0.25, 0.3) is 0 Å². The first kappa shape index (κ1) is 32.5. The molecular formula is C16H10F16N2O2S. The zero-order valence-electron chi connectivity index (χ0n) is 17.4. The minimum atomic E-state index is -8.62. The van der Waals surface area contributed by atoms with Gasteiger partial charge in [-0.25, -0.2) is 8.78 Å². The molecule has 37 heavy (non-hydrogen) atoms. The zero-order chi connectivity index (χ0) is 30.0. The molecular weight excluding hydrogens is 588 g/mol. The first-order chi connectivity index (χ1) is 16.1. The van der Waals surface area contributed by atoms with Gasteiger partial charge in [0, 0.05) is 4.88 Å². The fourth-order valence-corrected chi connectivity index (χ4v) is 3.53. The van der Waals surface area contributed by atoms with Gasteiger partial charge >= 0.3 is 53.8 Å². The van der Waals surface area contributed by atoms with Gasteiger partial charge in [0.2, 0.25) is 0 Å². The fourth-order valence-electron chi connectivity index (χ4n) is 2.47. The summed E-state index contributed by atoms with van der Waals surface area (Å²) in [6.45, 7) is 2.18. The van der Waals surface area contributed by atoms with Gasteiger partial charge < -0.3 is 11.1 Å². The van der Waals surface area contributed by atoms with E-state index in [1.165, 1.54) is 0 Å². The predicted molar refractivity (Wildman–Crippen MR) is 91.6 cm³/mol. The highest BCUT2D eigenvalue weighted by Crippen LogP contribution is 2.62. The van der Waals surface area contributed by atoms with Crippen molar-refractivity contribution in [3.05, 3.63) is 16.0 Å². The second-order valence-corrected chi connectivity index (χ2v) is 8.40. The Kier molecular flexibility index (Phi) is 7.98. The molecule has 0 aliphatic carbocycles. The molecule has 1 heterocycles. The molecule has 214 valence electrons. The van der Waals surface area contributed by atoms with E-state index in [0.29, 0.717) is 0 Å². The predicted octanol–water partition coefficient (Wildman–Crippen LogP) is 6.11. The highest BCUT2D eigenvalue weighted by Gasteiger charge is 2.94. The summed E-state index contributed by atoms with van der Waals surface area (Å²) in [7, 11) is 0. The Hall–Kier alpha value is -2.48. The monoisotopic (exact) mass is 598 g/mol. The topological polar surface area (TPSA) is 72.2 Å². The summed E-state index contributed by atoms with van der Waals surface area (Å²) >= 11 is 0.130. The number of carbonyl (C=O) groups excluding carboxylic acids is 2. The van der Waals surface area contributed by atoms with Crippen LogP contribution in [0.3, 0.4) is 0 Å². The molecule has 0 atom stereocenters. The maximum atomic E-state index is 14.0. The number of nitrogens with one attached hydrogen (secondary N) is 1. The lowest BCUT2D eigenvalue weighted by Gasteiger charge is -2.42. The maximum absolute atomic E-state index is 14.0. The van der Waals surface area contributed by atoms with E-state index in [1.54, 1.807) is 0 Å². The normalized spacial score (nSPS) is 14.8. The van der Waals surface area contributed by atoms with Crippen LogP contribution in [0.2, 0.25) is 0 Å². The number of nitrogens with two attached hydrogens (primary N) is 1. The van der Waals surface area contributed by atoms with Crippen molar-refractivity contribution in [1.82, 2.24) is 0 Å². The number of amides is 2. The number of carbonyl (C=O) groups is 2. The number of hydrogen-bond acceptors (Lipinski definition) is 3. The molecule has 1 aromatic heterocycles. The van der Waals surface area contributed by atoms with E-state index < -0.39 is 70.3 Å². The second kappa shape index (κ2) is 9.07. The van der Waals surface area contributed by atoms with Crippen molar-refractivity contribution in [2.75, 3.05) is 5.32 Å². The van der Waals surface area contributed by atoms with Crippen LogP contribution in [-0.2, 0) is 4.79 Å². The van der Waals surface area contributed by atoms with Crippen molar-refractivity contribution in [2.45, 2.75) is 61.7 Å². The van der Waals surface area contributed by atoms with E-state index in [4.69, 9.17) is 5.73 Å². The minimum absolute atomic E-state index is 0.0297. The van der Waals surface area contributed by atoms with Gasteiger partial charge in [-0.2, -0.15) is 61.5 Å². The Morgan fingerprint density at radius 1 is 0.730 bits per heavy atom. The number of rotatable bonds is 10. The third-order valence-corrected chi connectivity index (χ3v) is 5.93. The Bertz CT molecular complexity index is 1070. The summed E-state index contributed by atoms with van der Waals surface area (Å²) in [5, 5.41) is -0.399. The third-order valence-electron chi connectivity index (χ3n) is 4.81. The molecule has 3 N–H and O–H groups in total. The van der Waals surface area contributed by atoms with Gasteiger partial charge in [0.15, 0.2) is 0 Å². The lowest BCUT2D eigenvalue weighted by atomic mass is 9.89. The molecule has 0 aliphatic rings. The number of primary amides is 1. The molecule has 0 aromatic carbocycles. The van der Waals surface area contributed by atoms with E-state index in [0.717, 1.165) is 19.2 Å². The quantitative estimate of drug-likeness (QED) is 0.319. The van der Waals surface area contributed by atoms with Crippen LogP contribution in [0, 0.1) is 13.8 Å². The van der Waals surface area contributed by atoms with Crippen LogP contribution < -0.4 is 11.1 Å². The SMILES string of the molecule is Cc1sc(NC(=O)C(F)(F)C(F)(F)C(F)(F)C(F)(F)C(F)(F)C(F)(F)C(F)(F)C(F)F)c(C(N)=O)c1C. The summed E-state index contributed by atoms with van der Waals surface area (Å²) < 4.78 is 214. The summed E-state index contributed by atoms with van der Waals surface area (Å²) in [4.78, 5) is 23.0. The van der Waals surface area contributed by atoms with Crippen molar-refractivity contribution in [3.63, 3.8) is 0 Å². The summed E-state index contributed by atoms with van der Waals surface area (Å²) in [6, 6.07) is 0. The molecule has 0 radical (unpaired) electrons. The standard InChI is InChI=1S/C16H10F16N2O2S/c1-3-4(2)37-7(5(3)6(33)35)34-9(36)11(21,22)13(25,26)15(29,30)16(31,32)14(27,28)12(23,24)10(19,20)8(17)18/h8H,1-2H3,(H2,33,35)(H,34,36). The van der Waals surface area contributed by atoms with E-state index in [9.17, 15) is 79.8 Å². The highest BCUT2D eigenvalue weighted by atomic mass is 32.1. The molecule has 0 spiro atoms. The summed E-state index contributed by atoms with van der Waals surface area (Å²) in [6.07, 6.45) is -5.96. The van der Waals surface area contributed by atoms with E-state index >= 15 is 0 Å². The first-order valence-electron chi connectivity index (χ1n) is 8.73. The van der Waals surface area contributed by atoms with Gasteiger partial charge in [-0.3, -0.25) is 9.59 Å². The molecule has 21 heteroatoms. The van der Waals surface area contributed by atoms with Crippen molar-refractivity contribution in [3.8, 4) is 0 Å². The van der Waals surface area contributed by atoms with Crippen molar-refractivity contribution in [1.29, 1.82) is 0 Å². The maximum Gasteiger partial charge on any atom is 0.393 e. The number of halogens is 16. The Labute approximate surface area is 197 Å². The number of alkyl halides is 16. The molecule has 1 rings (SSSR count). The fraction of sp³-hybridized carbons (Fsp3) is 0.625. The average molecular weight is 598 g/mol. The van der Waals surface area contributed by atoms with E-state index in [2.05, 4.69) is 0 Å². The molecule has 0 saturated heterocycles. The van der Waals surface area contributed by atoms with Crippen LogP contribution >= 0.6 is 11.3 Å². The first-order valence-corrected chi connectivity index (χ1v) is 9.54. The molecule has 0 aliphatic heterocycles. The third kappa shape index (κ3) is 4.35. The number of aryl methyl sites for hydroxylation is 1. The van der Waals surface area contributed by atoms with Gasteiger partial charge in [0.05, 0.1) is 5.56 Å². The lowest BCUT2D eigenvalue weighted by Crippen LogP contribution is -2.74. The summed E-state index contributed by atoms with van der Waals surface area (Å²) in [5.41, 5.74) is 3.82. The Balaban J connectivity index is 3.62. The summed E-state index contributed by atoms with van der Waals surface area (Å²) in [5.74, 6) is -62.0. The highest BCUT2D eigenvalue weighted by molar-refractivity contribution is 7.16. The van der Waals surface area contributed by atoms with Crippen LogP contribution in [0.15, 0.2) is 0 Å². The van der Waals surface area contributed by atoms with Gasteiger partial charge in [-0.05, 0) is 19.4 Å². The van der Waals surface area contributed by atoms with Crippen molar-refractivity contribution in [2.24, 2.45) is 5.73 Å². The minimum Gasteiger partial charge on any atom is -0.365 e. The average Bonchev–Trinajstić information content (AvgIpc) is 2.99. The van der Waals surface area contributed by atoms with Gasteiger partial charge in [0.25, 0.3) is 5.91 Å². The van der Waals surface area contributed by atoms with Crippen LogP contribution in [0.4, 0.5) is 75.2 Å². The zero-order valence-corrected chi connectivity index (χ0v) is 18.2. The molecule has 1 aromatic rings. The van der Waals surface area contributed by atoms with Crippen LogP contribution in [-0.4, -0.2) is 59.7 Å². The Morgan fingerprint density at radius 3 is 1.49 bits per heavy atom. The smallest absolute Gasteiger partial charge is 0.365 e. The molecule has 4 nitrogen and oxygen atoms in total. The second-order valence-electron chi connectivity index (χ2n) is 7.18. The van der Waals surface area contributed by atoms with Crippen LogP contribution in [0.5, 0.6) is 0 Å². The van der Waals surface area contributed by atoms with Gasteiger partial charge in [0.1, 0.15) is 5.00 Å². The Morgan fingerprint density at radius 2 is 1.11 bits per heavy atom. The number of anilines is 1. The number of hydrogen-bond donors (Lipinski definition) is 2. The van der Waals surface area contributed by atoms with Crippen molar-refractivity contribution >= 4 is 28.2 Å². The molecule has 0 fully saturated rings. The van der Waals surface area contributed by atoms with E-state index in [1.807, 2.05) is 0 Å². The van der Waals surface area contributed by atoms with Gasteiger partial charge in [-0.15, -0.1) is 11.3 Å². The van der Waals surface area contributed by atoms with Crippen molar-refractivity contribution < 1.29 is 79.8 Å². The molecule has 0 unspecified atom stereocenters. The molecule has 0 bridgehead atoms. The largest absolute Gasteiger partial charge is 0.393 e. The van der Waals surface area contributed by atoms with E-state index in [-0.39, 0.29) is 21.8 Å². The molecule has 0 saturated carbocycles. The molecule has 2 amide bonds. The van der Waals surface area contributed by atoms with Crippen LogP contribution in [0.1, 0.15) is 20.8 Å². The lowest BCUT2D eigenvalue weighted by molar-refractivity contribution is -0.443.